The molecule has 0 saturated heterocycles. The third-order valence-electron chi connectivity index (χ3n) is 4.20. The van der Waals surface area contributed by atoms with Crippen LogP contribution < -0.4 is 10.2 Å². The topological polar surface area (TPSA) is 97.5 Å². The van der Waals surface area contributed by atoms with Gasteiger partial charge in [-0.25, -0.2) is 14.6 Å². The number of phenolic OH excluding ortho intramolecular Hbond substituents is 1. The predicted octanol–water partition coefficient (Wildman–Crippen LogP) is 3.03. The van der Waals surface area contributed by atoms with Gasteiger partial charge >= 0.3 is 0 Å². The molecule has 8 heteroatoms. The van der Waals surface area contributed by atoms with Gasteiger partial charge in [0.1, 0.15) is 6.33 Å². The lowest BCUT2D eigenvalue weighted by Gasteiger charge is -2.05. The number of aromatic nitrogens is 4. The molecular formula is C20H18N6O2. The normalized spacial score (nSPS) is 11.2. The minimum absolute atomic E-state index is 0.0796. The van der Waals surface area contributed by atoms with Crippen molar-refractivity contribution in [1.29, 1.82) is 0 Å². The first-order chi connectivity index (χ1) is 13.7. The average molecular weight is 374 g/mol. The summed E-state index contributed by atoms with van der Waals surface area (Å²) < 4.78 is 6.92. The van der Waals surface area contributed by atoms with Crippen LogP contribution in [0.15, 0.2) is 66.2 Å². The number of methoxy groups -OCH3 is 1. The second-order valence-corrected chi connectivity index (χ2v) is 6.05. The van der Waals surface area contributed by atoms with E-state index in [1.807, 2.05) is 35.0 Å². The van der Waals surface area contributed by atoms with Crippen molar-refractivity contribution in [2.45, 2.75) is 6.54 Å². The van der Waals surface area contributed by atoms with E-state index in [0.29, 0.717) is 18.1 Å². The van der Waals surface area contributed by atoms with Crippen LogP contribution in [0.2, 0.25) is 0 Å². The lowest BCUT2D eigenvalue weighted by Crippen LogP contribution is -2.03. The van der Waals surface area contributed by atoms with Crippen LogP contribution in [0, 0.1) is 0 Å². The number of hydrogen-bond donors (Lipinski definition) is 2. The highest BCUT2D eigenvalue weighted by Crippen LogP contribution is 2.25. The quantitative estimate of drug-likeness (QED) is 0.398. The summed E-state index contributed by atoms with van der Waals surface area (Å²) >= 11 is 0. The standard InChI is InChI=1S/C20H18N6O2/c1-28-18-9-15(7-8-17(18)27)10-23-25-19-16-11-24-26(20(16)22-13-21-19)12-14-5-3-2-4-6-14/h2-11,13,27H,12H2,1H3,(H,21,22,25)/b23-10-. The van der Waals surface area contributed by atoms with E-state index in [2.05, 4.69) is 25.6 Å². The fourth-order valence-electron chi connectivity index (χ4n) is 2.80. The zero-order valence-corrected chi connectivity index (χ0v) is 15.1. The van der Waals surface area contributed by atoms with Gasteiger partial charge in [-0.3, -0.25) is 5.43 Å². The van der Waals surface area contributed by atoms with E-state index in [1.54, 1.807) is 30.6 Å². The second-order valence-electron chi connectivity index (χ2n) is 6.05. The number of aromatic hydroxyl groups is 1. The van der Waals surface area contributed by atoms with Crippen molar-refractivity contribution < 1.29 is 9.84 Å². The Morgan fingerprint density at radius 1 is 1.18 bits per heavy atom. The molecule has 8 nitrogen and oxygen atoms in total. The number of rotatable bonds is 6. The number of anilines is 1. The minimum Gasteiger partial charge on any atom is -0.504 e. The Bertz CT molecular complexity index is 1120. The molecular weight excluding hydrogens is 356 g/mol. The van der Waals surface area contributed by atoms with E-state index in [1.165, 1.54) is 13.4 Å². The third-order valence-corrected chi connectivity index (χ3v) is 4.20. The Morgan fingerprint density at radius 3 is 2.86 bits per heavy atom. The molecule has 0 aliphatic rings. The monoisotopic (exact) mass is 374 g/mol. The van der Waals surface area contributed by atoms with Crippen molar-refractivity contribution in [3.05, 3.63) is 72.2 Å². The maximum Gasteiger partial charge on any atom is 0.163 e. The molecule has 4 rings (SSSR count). The van der Waals surface area contributed by atoms with Crippen molar-refractivity contribution in [3.63, 3.8) is 0 Å². The predicted molar refractivity (Wildman–Crippen MR) is 107 cm³/mol. The minimum atomic E-state index is 0.0796. The lowest BCUT2D eigenvalue weighted by molar-refractivity contribution is 0.373. The van der Waals surface area contributed by atoms with Crippen LogP contribution in [0.5, 0.6) is 11.5 Å². The Morgan fingerprint density at radius 2 is 2.04 bits per heavy atom. The molecule has 0 unspecified atom stereocenters. The molecule has 0 spiro atoms. The van der Waals surface area contributed by atoms with E-state index in [0.717, 1.165) is 22.2 Å². The van der Waals surface area contributed by atoms with Gasteiger partial charge in [0.15, 0.2) is 23.0 Å². The van der Waals surface area contributed by atoms with Gasteiger partial charge in [0, 0.05) is 0 Å². The van der Waals surface area contributed by atoms with E-state index in [9.17, 15) is 5.11 Å². The van der Waals surface area contributed by atoms with Gasteiger partial charge in [0.05, 0.1) is 31.5 Å². The maximum atomic E-state index is 9.65. The van der Waals surface area contributed by atoms with Crippen LogP contribution in [0.4, 0.5) is 5.82 Å². The van der Waals surface area contributed by atoms with Gasteiger partial charge in [0.2, 0.25) is 0 Å². The fourth-order valence-corrected chi connectivity index (χ4v) is 2.80. The smallest absolute Gasteiger partial charge is 0.163 e. The Kier molecular flexibility index (Phi) is 4.83. The molecule has 28 heavy (non-hydrogen) atoms. The molecule has 0 radical (unpaired) electrons. The van der Waals surface area contributed by atoms with Crippen LogP contribution in [-0.2, 0) is 6.54 Å². The summed E-state index contributed by atoms with van der Waals surface area (Å²) in [4.78, 5) is 8.60. The molecule has 0 atom stereocenters. The van der Waals surface area contributed by atoms with Crippen molar-refractivity contribution in [3.8, 4) is 11.5 Å². The largest absolute Gasteiger partial charge is 0.504 e. The van der Waals surface area contributed by atoms with Gasteiger partial charge in [-0.2, -0.15) is 10.2 Å². The summed E-state index contributed by atoms with van der Waals surface area (Å²) in [5, 5.41) is 19.1. The number of hydrazone groups is 1. The van der Waals surface area contributed by atoms with Gasteiger partial charge in [-0.1, -0.05) is 30.3 Å². The van der Waals surface area contributed by atoms with Crippen LogP contribution >= 0.6 is 0 Å². The van der Waals surface area contributed by atoms with Crippen LogP contribution in [0.3, 0.4) is 0 Å². The number of nitrogens with one attached hydrogen (secondary N) is 1. The maximum absolute atomic E-state index is 9.65. The van der Waals surface area contributed by atoms with Gasteiger partial charge in [-0.05, 0) is 29.3 Å². The summed E-state index contributed by atoms with van der Waals surface area (Å²) in [5.41, 5.74) is 5.56. The Hall–Kier alpha value is -3.94. The van der Waals surface area contributed by atoms with Crippen LogP contribution in [0.25, 0.3) is 11.0 Å². The summed E-state index contributed by atoms with van der Waals surface area (Å²) in [7, 11) is 1.50. The molecule has 2 aromatic heterocycles. The van der Waals surface area contributed by atoms with Crippen LogP contribution in [0.1, 0.15) is 11.1 Å². The number of phenols is 1. The zero-order valence-electron chi connectivity index (χ0n) is 15.1. The highest BCUT2D eigenvalue weighted by Gasteiger charge is 2.09. The van der Waals surface area contributed by atoms with Crippen molar-refractivity contribution >= 4 is 23.1 Å². The number of nitrogens with zero attached hydrogens (tertiary/aromatic N) is 5. The summed E-state index contributed by atoms with van der Waals surface area (Å²) in [6.07, 6.45) is 4.82. The molecule has 2 N–H and O–H groups in total. The molecule has 0 bridgehead atoms. The molecule has 4 aromatic rings. The Balaban J connectivity index is 1.55. The SMILES string of the molecule is COc1cc(/C=N\Nc2ncnc3c2cnn3Cc2ccccc2)ccc1O. The summed E-state index contributed by atoms with van der Waals surface area (Å²) in [5.74, 6) is 1.03. The molecule has 0 aliphatic heterocycles. The van der Waals surface area contributed by atoms with Gasteiger partial charge < -0.3 is 9.84 Å². The number of fused-ring (bicyclic) bond motifs is 1. The number of ether oxygens (including phenoxy) is 1. The number of benzene rings is 2. The van der Waals surface area contributed by atoms with Crippen molar-refractivity contribution in [2.75, 3.05) is 12.5 Å². The fraction of sp³-hybridized carbons (Fsp3) is 0.100. The molecule has 2 heterocycles. The van der Waals surface area contributed by atoms with Crippen LogP contribution in [-0.4, -0.2) is 38.2 Å². The highest BCUT2D eigenvalue weighted by atomic mass is 16.5. The van der Waals surface area contributed by atoms with Gasteiger partial charge in [-0.15, -0.1) is 0 Å². The molecule has 0 fully saturated rings. The first-order valence-corrected chi connectivity index (χ1v) is 8.61. The molecule has 2 aromatic carbocycles. The van der Waals surface area contributed by atoms with Crippen molar-refractivity contribution in [2.24, 2.45) is 5.10 Å². The highest BCUT2D eigenvalue weighted by molar-refractivity contribution is 5.87. The van der Waals surface area contributed by atoms with Crippen molar-refractivity contribution in [1.82, 2.24) is 19.7 Å². The van der Waals surface area contributed by atoms with Gasteiger partial charge in [0.25, 0.3) is 0 Å². The zero-order chi connectivity index (χ0) is 19.3. The molecule has 0 saturated carbocycles. The Labute approximate surface area is 161 Å². The molecule has 0 aliphatic carbocycles. The van der Waals surface area contributed by atoms with E-state index in [4.69, 9.17) is 4.74 Å². The van der Waals surface area contributed by atoms with E-state index in [-0.39, 0.29) is 5.75 Å². The first-order valence-electron chi connectivity index (χ1n) is 8.61. The van der Waals surface area contributed by atoms with E-state index < -0.39 is 0 Å². The molecule has 0 amide bonds. The second kappa shape index (κ2) is 7.75. The molecule has 140 valence electrons. The lowest BCUT2D eigenvalue weighted by atomic mass is 10.2. The average Bonchev–Trinajstić information content (AvgIpc) is 3.14. The first kappa shape index (κ1) is 17.5. The summed E-state index contributed by atoms with van der Waals surface area (Å²) in [6.45, 7) is 0.622. The summed E-state index contributed by atoms with van der Waals surface area (Å²) in [6, 6.07) is 15.0. The number of hydrogen-bond acceptors (Lipinski definition) is 7. The van der Waals surface area contributed by atoms with E-state index >= 15 is 0 Å². The third kappa shape index (κ3) is 3.61.